The lowest BCUT2D eigenvalue weighted by atomic mass is 9.99. The number of fused-ring (bicyclic) bond motifs is 6. The van der Waals surface area contributed by atoms with Gasteiger partial charge in [-0.15, -0.1) is 11.3 Å². The molecule has 0 radical (unpaired) electrons. The van der Waals surface area contributed by atoms with Crippen LogP contribution in [0.15, 0.2) is 169 Å². The zero-order valence-electron chi connectivity index (χ0n) is 40.7. The molecule has 0 bridgehead atoms. The Balaban J connectivity index is 1.45. The van der Waals surface area contributed by atoms with Crippen LogP contribution in [0.1, 0.15) is 20.6 Å². The Morgan fingerprint density at radius 2 is 1.08 bits per heavy atom. The first-order valence-corrected chi connectivity index (χ1v) is 16.3. The molecule has 10 rings (SSSR count). The second-order valence-electron chi connectivity index (χ2n) is 11.2. The van der Waals surface area contributed by atoms with Crippen LogP contribution in [-0.4, -0.2) is 19.5 Å². The highest BCUT2D eigenvalue weighted by atomic mass is 32.1. The lowest BCUT2D eigenvalue weighted by molar-refractivity contribution is 1.06. The predicted molar refractivity (Wildman–Crippen MR) is 209 cm³/mol. The van der Waals surface area contributed by atoms with E-state index in [1.54, 1.807) is 60.7 Å². The molecule has 0 saturated heterocycles. The van der Waals surface area contributed by atoms with Crippen molar-refractivity contribution in [2.45, 2.75) is 0 Å². The van der Waals surface area contributed by atoms with Crippen LogP contribution in [0.3, 0.4) is 0 Å². The fraction of sp³-hybridized carbons (Fsp3) is 0. The quantitative estimate of drug-likeness (QED) is 0.183. The monoisotopic (exact) mass is 671 g/mol. The standard InChI is InChI=1S/C45H28N4S/c1-3-14-29(15-4-1)43-46-44(30-16-5-2-6-17-30)48-45(47-43)37-28-31(32-21-13-22-36-35-20-9-12-25-41(35)50-42(32)36)26-27-40(37)49-38-23-10-7-18-33(38)34-19-8-11-24-39(34)49/h1-28H/i7D,8D,9D,10D,13D,18D,19D,20D,22D,23D,24D,25D,26D,27D,28D. The second-order valence-corrected chi connectivity index (χ2v) is 12.3. The van der Waals surface area contributed by atoms with E-state index in [1.807, 2.05) is 0 Å². The van der Waals surface area contributed by atoms with Crippen LogP contribution in [0, 0.1) is 0 Å². The Bertz CT molecular complexity index is 3670. The van der Waals surface area contributed by atoms with E-state index in [4.69, 9.17) is 28.7 Å². The van der Waals surface area contributed by atoms with Gasteiger partial charge in [-0.2, -0.15) is 0 Å². The van der Waals surface area contributed by atoms with Gasteiger partial charge >= 0.3 is 0 Å². The van der Waals surface area contributed by atoms with Crippen molar-refractivity contribution in [3.05, 3.63) is 169 Å². The third-order valence-electron chi connectivity index (χ3n) is 8.33. The maximum absolute atomic E-state index is 10.2. The maximum Gasteiger partial charge on any atom is 0.166 e. The number of nitrogens with zero attached hydrogens (tertiary/aromatic N) is 4. The molecule has 234 valence electrons. The molecule has 4 nitrogen and oxygen atoms in total. The summed E-state index contributed by atoms with van der Waals surface area (Å²) in [5, 5.41) is -0.269. The van der Waals surface area contributed by atoms with Gasteiger partial charge in [0, 0.05) is 47.6 Å². The van der Waals surface area contributed by atoms with Gasteiger partial charge in [-0.3, -0.25) is 0 Å². The van der Waals surface area contributed by atoms with Gasteiger partial charge in [-0.25, -0.2) is 15.0 Å². The van der Waals surface area contributed by atoms with Crippen LogP contribution >= 0.6 is 11.3 Å². The van der Waals surface area contributed by atoms with Crippen molar-refractivity contribution in [3.63, 3.8) is 0 Å². The number of rotatable bonds is 5. The first kappa shape index (κ1) is 17.3. The average molecular weight is 672 g/mol. The number of benzene rings is 7. The normalized spacial score (nSPS) is 15.8. The number of hydrogen-bond acceptors (Lipinski definition) is 4. The molecule has 0 aliphatic heterocycles. The lowest BCUT2D eigenvalue weighted by Crippen LogP contribution is -2.04. The molecule has 50 heavy (non-hydrogen) atoms. The molecule has 7 aromatic carbocycles. The number of para-hydroxylation sites is 2. The van der Waals surface area contributed by atoms with E-state index < -0.39 is 60.4 Å². The summed E-state index contributed by atoms with van der Waals surface area (Å²) in [5.41, 5.74) is -0.265. The van der Waals surface area contributed by atoms with Crippen LogP contribution in [0.5, 0.6) is 0 Å². The van der Waals surface area contributed by atoms with Crippen LogP contribution in [0.2, 0.25) is 0 Å². The van der Waals surface area contributed by atoms with Crippen molar-refractivity contribution in [3.8, 4) is 51.0 Å². The third kappa shape index (κ3) is 4.63. The lowest BCUT2D eigenvalue weighted by Gasteiger charge is -2.16. The van der Waals surface area contributed by atoms with E-state index in [-0.39, 0.29) is 112 Å². The molecule has 3 aromatic heterocycles. The summed E-state index contributed by atoms with van der Waals surface area (Å²) in [5.74, 6) is 0.0440. The Morgan fingerprint density at radius 1 is 0.460 bits per heavy atom. The van der Waals surface area contributed by atoms with Crippen molar-refractivity contribution in [1.82, 2.24) is 19.5 Å². The van der Waals surface area contributed by atoms with Crippen LogP contribution in [0.4, 0.5) is 0 Å². The number of hydrogen-bond donors (Lipinski definition) is 0. The molecular weight excluding hydrogens is 629 g/mol. The third-order valence-corrected chi connectivity index (χ3v) is 9.48. The number of aromatic nitrogens is 4. The molecule has 0 aliphatic carbocycles. The summed E-state index contributed by atoms with van der Waals surface area (Å²) in [6.07, 6.45) is 0. The molecular formula is C45H28N4S. The SMILES string of the molecule is [2H]c1cc([2H])c2sc3c(-c4c([2H])c([2H])c(-n5c6c([2H])cc([2H])c([2H])c6c6c([2H])c([2H])c([2H])c([2H])c65)c(-c5nc(-c6ccccc6)nc(-c6ccccc6)n5)c4[2H])cc([2H])c([2H])c3c2c1[2H]. The van der Waals surface area contributed by atoms with Crippen molar-refractivity contribution in [1.29, 1.82) is 0 Å². The zero-order chi connectivity index (χ0) is 46.1. The Hall–Kier alpha value is -6.43. The Morgan fingerprint density at radius 3 is 1.84 bits per heavy atom. The van der Waals surface area contributed by atoms with Gasteiger partial charge in [0.2, 0.25) is 0 Å². The van der Waals surface area contributed by atoms with Gasteiger partial charge in [-0.1, -0.05) is 139 Å². The molecule has 0 amide bonds. The second kappa shape index (κ2) is 11.6. The summed E-state index contributed by atoms with van der Waals surface area (Å²) < 4.78 is 138. The average Bonchev–Trinajstić information content (AvgIpc) is 3.88. The van der Waals surface area contributed by atoms with Crippen LogP contribution < -0.4 is 0 Å². The summed E-state index contributed by atoms with van der Waals surface area (Å²) >= 11 is 0.981. The molecule has 0 N–H and O–H groups in total. The minimum atomic E-state index is -0.681. The fourth-order valence-corrected chi connectivity index (χ4v) is 7.18. The van der Waals surface area contributed by atoms with E-state index >= 15 is 0 Å². The van der Waals surface area contributed by atoms with E-state index in [2.05, 4.69) is 0 Å². The molecule has 0 unspecified atom stereocenters. The van der Waals surface area contributed by atoms with Crippen LogP contribution in [-0.2, 0) is 0 Å². The highest BCUT2D eigenvalue weighted by Gasteiger charge is 2.21. The highest BCUT2D eigenvalue weighted by Crippen LogP contribution is 2.42. The van der Waals surface area contributed by atoms with Gasteiger partial charge in [0.1, 0.15) is 0 Å². The number of thiophene rings is 1. The van der Waals surface area contributed by atoms with Crippen LogP contribution in [0.25, 0.3) is 93.0 Å². The van der Waals surface area contributed by atoms with Crippen molar-refractivity contribution < 1.29 is 20.6 Å². The first-order valence-electron chi connectivity index (χ1n) is 23.0. The topological polar surface area (TPSA) is 43.6 Å². The fourth-order valence-electron chi connectivity index (χ4n) is 6.08. The molecule has 3 heterocycles. The minimum Gasteiger partial charge on any atom is -0.309 e. The molecule has 5 heteroatoms. The maximum atomic E-state index is 10.2. The molecule has 0 saturated carbocycles. The van der Waals surface area contributed by atoms with Crippen molar-refractivity contribution >= 4 is 53.3 Å². The predicted octanol–water partition coefficient (Wildman–Crippen LogP) is 12.0. The molecule has 0 aliphatic rings. The van der Waals surface area contributed by atoms with Crippen molar-refractivity contribution in [2.24, 2.45) is 0 Å². The van der Waals surface area contributed by atoms with Gasteiger partial charge in [0.05, 0.1) is 37.3 Å². The smallest absolute Gasteiger partial charge is 0.166 e. The Kier molecular flexibility index (Phi) is 4.02. The summed E-state index contributed by atoms with van der Waals surface area (Å²) in [4.78, 5) is 14.6. The Labute approximate surface area is 313 Å². The van der Waals surface area contributed by atoms with Gasteiger partial charge in [0.15, 0.2) is 17.5 Å². The minimum absolute atomic E-state index is 0.0297. The zero-order valence-corrected chi connectivity index (χ0v) is 26.5. The summed E-state index contributed by atoms with van der Waals surface area (Å²) in [6.45, 7) is 0. The van der Waals surface area contributed by atoms with Gasteiger partial charge in [0.25, 0.3) is 0 Å². The van der Waals surface area contributed by atoms with E-state index in [0.717, 1.165) is 22.0 Å². The largest absolute Gasteiger partial charge is 0.309 e. The van der Waals surface area contributed by atoms with Gasteiger partial charge < -0.3 is 4.57 Å². The molecule has 0 atom stereocenters. The van der Waals surface area contributed by atoms with E-state index in [9.17, 15) is 6.85 Å². The summed E-state index contributed by atoms with van der Waals surface area (Å²) in [7, 11) is 0. The summed E-state index contributed by atoms with van der Waals surface area (Å²) in [6, 6.07) is 14.4. The van der Waals surface area contributed by atoms with Crippen molar-refractivity contribution in [2.75, 3.05) is 0 Å². The molecule has 0 spiro atoms. The molecule has 10 aromatic rings. The van der Waals surface area contributed by atoms with E-state index in [1.165, 1.54) is 12.1 Å². The van der Waals surface area contributed by atoms with Gasteiger partial charge in [-0.05, 0) is 41.3 Å². The highest BCUT2D eigenvalue weighted by molar-refractivity contribution is 7.26. The van der Waals surface area contributed by atoms with E-state index in [0.29, 0.717) is 11.1 Å². The molecule has 0 fully saturated rings. The first-order chi connectivity index (χ1) is 31.0.